The highest BCUT2D eigenvalue weighted by Gasteiger charge is 2.18. The lowest BCUT2D eigenvalue weighted by Gasteiger charge is -2.00. The van der Waals surface area contributed by atoms with Crippen molar-refractivity contribution in [3.63, 3.8) is 0 Å². The highest BCUT2D eigenvalue weighted by Crippen LogP contribution is 2.41. The van der Waals surface area contributed by atoms with Crippen LogP contribution in [-0.4, -0.2) is 10.8 Å². The van der Waals surface area contributed by atoms with E-state index in [1.165, 1.54) is 11.6 Å². The summed E-state index contributed by atoms with van der Waals surface area (Å²) < 4.78 is 24.8. The maximum atomic E-state index is 11.6. The Hall–Kier alpha value is -0.710. The highest BCUT2D eigenvalue weighted by molar-refractivity contribution is 7.46. The van der Waals surface area contributed by atoms with E-state index in [-0.39, 0.29) is 0 Å². The molecule has 0 aliphatic carbocycles. The van der Waals surface area contributed by atoms with E-state index < -0.39 is 13.8 Å². The van der Waals surface area contributed by atoms with E-state index in [4.69, 9.17) is 4.89 Å². The fourth-order valence-corrected chi connectivity index (χ4v) is 0.489. The molecular formula is C4H7FNO4P. The molecule has 0 rings (SSSR count). The number of hydrogen-bond donors (Lipinski definition) is 2. The molecule has 1 atom stereocenters. The van der Waals surface area contributed by atoms with Crippen LogP contribution in [0.4, 0.5) is 4.20 Å². The third kappa shape index (κ3) is 7.18. The van der Waals surface area contributed by atoms with Crippen LogP contribution in [0.2, 0.25) is 0 Å². The third-order valence-electron chi connectivity index (χ3n) is 0.577. The van der Waals surface area contributed by atoms with Crippen LogP contribution in [0.5, 0.6) is 0 Å². The molecule has 0 aromatic rings. The molecule has 0 bridgehead atoms. The van der Waals surface area contributed by atoms with Gasteiger partial charge in [-0.2, -0.15) is 4.62 Å². The minimum Gasteiger partial charge on any atom is -0.298 e. The Kier molecular flexibility index (Phi) is 3.95. The summed E-state index contributed by atoms with van der Waals surface area (Å²) >= 11 is 0. The fraction of sp³-hybridized carbons (Fsp3) is 0.250. The summed E-state index contributed by atoms with van der Waals surface area (Å²) in [4.78, 5) is 18.2. The maximum absolute atomic E-state index is 11.6. The largest absolute Gasteiger partial charge is 0.532 e. The highest BCUT2D eigenvalue weighted by atomic mass is 31.2. The monoisotopic (exact) mass is 183 g/mol. The van der Waals surface area contributed by atoms with Crippen LogP contribution in [0.25, 0.3) is 0 Å². The van der Waals surface area contributed by atoms with Gasteiger partial charge in [0, 0.05) is 6.08 Å². The molecule has 1 unspecified atom stereocenters. The van der Waals surface area contributed by atoms with Gasteiger partial charge in [-0.15, -0.1) is 4.20 Å². The van der Waals surface area contributed by atoms with Crippen molar-refractivity contribution in [2.24, 2.45) is 0 Å². The molecule has 1 amide bonds. The van der Waals surface area contributed by atoms with Gasteiger partial charge in [0.15, 0.2) is 0 Å². The second-order valence-electron chi connectivity index (χ2n) is 1.51. The van der Waals surface area contributed by atoms with Crippen LogP contribution in [-0.2, 0) is 14.0 Å². The molecule has 0 fully saturated rings. The van der Waals surface area contributed by atoms with Gasteiger partial charge in [-0.05, 0) is 6.92 Å². The first-order valence-electron chi connectivity index (χ1n) is 2.59. The lowest BCUT2D eigenvalue weighted by Crippen LogP contribution is -2.18. The van der Waals surface area contributed by atoms with Gasteiger partial charge in [0.2, 0.25) is 0 Å². The SMILES string of the molecule is CC=CC(=O)NOP(=O)(O)F. The Morgan fingerprint density at radius 2 is 2.36 bits per heavy atom. The van der Waals surface area contributed by atoms with Crippen LogP contribution >= 0.6 is 7.91 Å². The number of amides is 1. The van der Waals surface area contributed by atoms with Crippen molar-refractivity contribution >= 4 is 13.8 Å². The number of hydrogen-bond acceptors (Lipinski definition) is 3. The molecule has 0 saturated heterocycles. The summed E-state index contributed by atoms with van der Waals surface area (Å²) in [7, 11) is -5.11. The molecule has 7 heteroatoms. The van der Waals surface area contributed by atoms with Gasteiger partial charge in [0.05, 0.1) is 0 Å². The van der Waals surface area contributed by atoms with Crippen molar-refractivity contribution in [3.8, 4) is 0 Å². The van der Waals surface area contributed by atoms with Crippen molar-refractivity contribution in [2.45, 2.75) is 6.92 Å². The number of nitrogens with one attached hydrogen (secondary N) is 1. The van der Waals surface area contributed by atoms with Gasteiger partial charge in [0.25, 0.3) is 5.91 Å². The molecular weight excluding hydrogens is 176 g/mol. The van der Waals surface area contributed by atoms with E-state index in [2.05, 4.69) is 4.62 Å². The van der Waals surface area contributed by atoms with Crippen molar-refractivity contribution in [1.82, 2.24) is 5.48 Å². The molecule has 0 heterocycles. The zero-order valence-electron chi connectivity index (χ0n) is 5.65. The summed E-state index contributed by atoms with van der Waals surface area (Å²) in [5.41, 5.74) is 1.41. The lowest BCUT2D eigenvalue weighted by atomic mass is 10.5. The first-order valence-corrected chi connectivity index (χ1v) is 4.06. The summed E-state index contributed by atoms with van der Waals surface area (Å²) in [5.74, 6) is -0.806. The first-order chi connectivity index (χ1) is 4.95. The second-order valence-corrected chi connectivity index (χ2v) is 2.59. The molecule has 2 N–H and O–H groups in total. The smallest absolute Gasteiger partial charge is 0.298 e. The standard InChI is InChI=1S/C4H7FNO4P/c1-2-3-4(7)6-10-11(5,8)9/h2-3H,1H3,(H,6,7)(H,8,9). The van der Waals surface area contributed by atoms with E-state index in [1.54, 1.807) is 6.92 Å². The molecule has 0 aliphatic heterocycles. The molecule has 11 heavy (non-hydrogen) atoms. The Morgan fingerprint density at radius 3 is 2.73 bits per heavy atom. The average molecular weight is 183 g/mol. The number of halogens is 1. The molecule has 64 valence electrons. The van der Waals surface area contributed by atoms with Crippen molar-refractivity contribution in [3.05, 3.63) is 12.2 Å². The molecule has 5 nitrogen and oxygen atoms in total. The van der Waals surface area contributed by atoms with Crippen LogP contribution in [0, 0.1) is 0 Å². The molecule has 0 aliphatic rings. The number of carbonyl (C=O) groups excluding carboxylic acids is 1. The minimum absolute atomic E-state index is 0.806. The Bertz CT molecular complexity index is 210. The normalized spacial score (nSPS) is 16.3. The van der Waals surface area contributed by atoms with Gasteiger partial charge < -0.3 is 0 Å². The average Bonchev–Trinajstić information content (AvgIpc) is 1.83. The predicted octanol–water partition coefficient (Wildman–Crippen LogP) is 0.680. The van der Waals surface area contributed by atoms with Gasteiger partial charge >= 0.3 is 7.91 Å². The fourth-order valence-electron chi connectivity index (χ4n) is 0.287. The Balaban J connectivity index is 3.72. The zero-order chi connectivity index (χ0) is 8.91. The minimum atomic E-state index is -5.11. The first kappa shape index (κ1) is 10.3. The topological polar surface area (TPSA) is 75.6 Å². The van der Waals surface area contributed by atoms with Crippen LogP contribution in [0.3, 0.4) is 0 Å². The summed E-state index contributed by atoms with van der Waals surface area (Å²) in [6.45, 7) is 1.55. The van der Waals surface area contributed by atoms with Crippen molar-refractivity contribution in [2.75, 3.05) is 0 Å². The van der Waals surface area contributed by atoms with Crippen LogP contribution < -0.4 is 5.48 Å². The van der Waals surface area contributed by atoms with E-state index in [0.717, 1.165) is 6.08 Å². The zero-order valence-corrected chi connectivity index (χ0v) is 6.55. The van der Waals surface area contributed by atoms with E-state index in [9.17, 15) is 13.6 Å². The maximum Gasteiger partial charge on any atom is 0.532 e. The van der Waals surface area contributed by atoms with E-state index >= 15 is 0 Å². The summed E-state index contributed by atoms with van der Waals surface area (Å²) in [5, 5.41) is 0. The Morgan fingerprint density at radius 1 is 1.82 bits per heavy atom. The molecule has 0 radical (unpaired) electrons. The molecule has 0 aromatic heterocycles. The molecule has 0 spiro atoms. The summed E-state index contributed by atoms with van der Waals surface area (Å²) in [6, 6.07) is 0. The predicted molar refractivity (Wildman–Crippen MR) is 35.0 cm³/mol. The van der Waals surface area contributed by atoms with Gasteiger partial charge in [-0.3, -0.25) is 9.69 Å². The Labute approximate surface area is 62.5 Å². The van der Waals surface area contributed by atoms with Gasteiger partial charge in [-0.1, -0.05) is 6.08 Å². The number of carbonyl (C=O) groups is 1. The number of hydroxylamine groups is 1. The summed E-state index contributed by atoms with van der Waals surface area (Å²) in [6.07, 6.45) is 2.37. The lowest BCUT2D eigenvalue weighted by molar-refractivity contribution is -0.123. The van der Waals surface area contributed by atoms with Crippen molar-refractivity contribution in [1.29, 1.82) is 0 Å². The third-order valence-corrected chi connectivity index (χ3v) is 0.893. The second kappa shape index (κ2) is 4.23. The molecule has 0 aromatic carbocycles. The van der Waals surface area contributed by atoms with E-state index in [1.807, 2.05) is 0 Å². The quantitative estimate of drug-likeness (QED) is 0.383. The number of allylic oxidation sites excluding steroid dienone is 1. The molecule has 0 saturated carbocycles. The van der Waals surface area contributed by atoms with Gasteiger partial charge in [-0.25, -0.2) is 10.0 Å². The number of rotatable bonds is 3. The van der Waals surface area contributed by atoms with Gasteiger partial charge in [0.1, 0.15) is 0 Å². The van der Waals surface area contributed by atoms with Crippen molar-refractivity contribution < 1.29 is 23.1 Å². The van der Waals surface area contributed by atoms with E-state index in [0.29, 0.717) is 0 Å². The van der Waals surface area contributed by atoms with Crippen LogP contribution in [0.1, 0.15) is 6.92 Å². The van der Waals surface area contributed by atoms with Crippen LogP contribution in [0.15, 0.2) is 12.2 Å².